The molecule has 4 rings (SSSR count). The zero-order valence-electron chi connectivity index (χ0n) is 19.7. The third-order valence-electron chi connectivity index (χ3n) is 7.01. The number of amides is 1. The van der Waals surface area contributed by atoms with Gasteiger partial charge in [-0.1, -0.05) is 48.0 Å². The minimum Gasteiger partial charge on any atom is -0.354 e. The van der Waals surface area contributed by atoms with E-state index < -0.39 is 10.0 Å². The van der Waals surface area contributed by atoms with Crippen LogP contribution in [-0.2, 0) is 14.8 Å². The number of nitrogens with one attached hydrogen (secondary N) is 1. The first-order chi connectivity index (χ1) is 15.9. The van der Waals surface area contributed by atoms with Crippen molar-refractivity contribution in [1.82, 2.24) is 14.5 Å². The maximum absolute atomic E-state index is 13.1. The minimum atomic E-state index is -3.54. The summed E-state index contributed by atoms with van der Waals surface area (Å²) < 4.78 is 27.8. The topological polar surface area (TPSA) is 69.7 Å². The molecule has 0 aliphatic carbocycles. The Balaban J connectivity index is 1.35. The second-order valence-electron chi connectivity index (χ2n) is 9.36. The quantitative estimate of drug-likeness (QED) is 0.672. The van der Waals surface area contributed by atoms with Gasteiger partial charge >= 0.3 is 0 Å². The molecule has 0 bridgehead atoms. The summed E-state index contributed by atoms with van der Waals surface area (Å²) in [5.41, 5.74) is 3.04. The van der Waals surface area contributed by atoms with E-state index in [1.165, 1.54) is 22.7 Å². The number of likely N-dealkylation sites (tertiary alicyclic amines) is 1. The lowest BCUT2D eigenvalue weighted by atomic mass is 9.97. The van der Waals surface area contributed by atoms with E-state index in [1.54, 1.807) is 6.07 Å². The molecule has 7 heteroatoms. The normalized spacial score (nSPS) is 19.5. The van der Waals surface area contributed by atoms with Crippen molar-refractivity contribution in [1.29, 1.82) is 0 Å². The molecule has 1 N–H and O–H groups in total. The second kappa shape index (κ2) is 10.4. The van der Waals surface area contributed by atoms with Crippen molar-refractivity contribution >= 4 is 15.9 Å². The van der Waals surface area contributed by atoms with E-state index in [9.17, 15) is 13.2 Å². The molecule has 1 unspecified atom stereocenters. The van der Waals surface area contributed by atoms with Crippen LogP contribution in [0.15, 0.2) is 53.4 Å². The summed E-state index contributed by atoms with van der Waals surface area (Å²) in [6.45, 7) is 7.26. The molecule has 2 aliphatic heterocycles. The Morgan fingerprint density at radius 1 is 1.00 bits per heavy atom. The fraction of sp³-hybridized carbons (Fsp3) is 0.500. The number of rotatable bonds is 7. The number of sulfonamides is 1. The lowest BCUT2D eigenvalue weighted by Gasteiger charge is -2.32. The Kier molecular flexibility index (Phi) is 7.51. The summed E-state index contributed by atoms with van der Waals surface area (Å²) in [7, 11) is -3.54. The van der Waals surface area contributed by atoms with Crippen LogP contribution in [-0.4, -0.2) is 56.3 Å². The molecule has 1 atom stereocenters. The Morgan fingerprint density at radius 3 is 2.30 bits per heavy atom. The number of nitrogens with zero attached hydrogens (tertiary/aromatic N) is 2. The average Bonchev–Trinajstić information content (AvgIpc) is 3.34. The van der Waals surface area contributed by atoms with Crippen molar-refractivity contribution in [3.05, 3.63) is 65.2 Å². The molecule has 2 aromatic carbocycles. The van der Waals surface area contributed by atoms with Gasteiger partial charge in [0.25, 0.3) is 0 Å². The van der Waals surface area contributed by atoms with Gasteiger partial charge in [0.05, 0.1) is 10.9 Å². The van der Waals surface area contributed by atoms with Crippen LogP contribution < -0.4 is 5.32 Å². The van der Waals surface area contributed by atoms with Crippen LogP contribution in [0.3, 0.4) is 0 Å². The lowest BCUT2D eigenvalue weighted by Crippen LogP contribution is -2.44. The molecule has 2 saturated heterocycles. The van der Waals surface area contributed by atoms with Crippen molar-refractivity contribution in [2.24, 2.45) is 5.92 Å². The first-order valence-corrected chi connectivity index (χ1v) is 13.4. The van der Waals surface area contributed by atoms with Gasteiger partial charge < -0.3 is 5.32 Å². The zero-order valence-corrected chi connectivity index (χ0v) is 20.5. The molecular weight excluding hydrogens is 434 g/mol. The lowest BCUT2D eigenvalue weighted by molar-refractivity contribution is -0.126. The molecule has 178 valence electrons. The molecule has 2 fully saturated rings. The molecule has 2 aliphatic rings. The van der Waals surface area contributed by atoms with E-state index in [0.717, 1.165) is 24.2 Å². The standard InChI is InChI=1S/C26H35N3O3S/c1-20-10-11-25(21(2)18-20)33(31,32)29-16-12-23(13-17-29)26(30)27-19-24(28-14-6-7-15-28)22-8-4-3-5-9-22/h3-5,8-11,18,23-24H,6-7,12-17,19H2,1-2H3,(H,27,30). The van der Waals surface area contributed by atoms with Crippen LogP contribution in [0.2, 0.25) is 0 Å². The van der Waals surface area contributed by atoms with Gasteiger partial charge in [-0.3, -0.25) is 9.69 Å². The molecule has 33 heavy (non-hydrogen) atoms. The summed E-state index contributed by atoms with van der Waals surface area (Å²) in [4.78, 5) is 15.8. The summed E-state index contributed by atoms with van der Waals surface area (Å²) in [5, 5.41) is 3.18. The fourth-order valence-corrected chi connectivity index (χ4v) is 6.79. The summed E-state index contributed by atoms with van der Waals surface area (Å²) in [6, 6.07) is 16.0. The number of benzene rings is 2. The Bertz CT molecular complexity index is 1060. The van der Waals surface area contributed by atoms with Gasteiger partial charge in [0.2, 0.25) is 15.9 Å². The third kappa shape index (κ3) is 5.48. The highest BCUT2D eigenvalue weighted by atomic mass is 32.2. The van der Waals surface area contributed by atoms with Crippen LogP contribution in [0.4, 0.5) is 0 Å². The summed E-state index contributed by atoms with van der Waals surface area (Å²) in [6.07, 6.45) is 3.50. The van der Waals surface area contributed by atoms with Crippen molar-refractivity contribution in [2.45, 2.75) is 50.5 Å². The maximum Gasteiger partial charge on any atom is 0.243 e. The van der Waals surface area contributed by atoms with Crippen LogP contribution in [0.1, 0.15) is 48.4 Å². The fourth-order valence-electron chi connectivity index (χ4n) is 5.11. The third-order valence-corrected chi connectivity index (χ3v) is 9.07. The smallest absolute Gasteiger partial charge is 0.243 e. The first-order valence-electron chi connectivity index (χ1n) is 12.0. The number of aryl methyl sites for hydroxylation is 2. The SMILES string of the molecule is Cc1ccc(S(=O)(=O)N2CCC(C(=O)NCC(c3ccccc3)N3CCCC3)CC2)c(C)c1. The zero-order chi connectivity index (χ0) is 23.4. The Labute approximate surface area is 198 Å². The highest BCUT2D eigenvalue weighted by Crippen LogP contribution is 2.27. The van der Waals surface area contributed by atoms with E-state index in [4.69, 9.17) is 0 Å². The van der Waals surface area contributed by atoms with Crippen molar-refractivity contribution < 1.29 is 13.2 Å². The van der Waals surface area contributed by atoms with Crippen LogP contribution in [0.25, 0.3) is 0 Å². The number of hydrogen-bond acceptors (Lipinski definition) is 4. The molecule has 0 radical (unpaired) electrons. The van der Waals surface area contributed by atoms with Crippen molar-refractivity contribution in [3.8, 4) is 0 Å². The summed E-state index contributed by atoms with van der Waals surface area (Å²) >= 11 is 0. The first kappa shape index (κ1) is 23.9. The molecular formula is C26H35N3O3S. The van der Waals surface area contributed by atoms with Crippen LogP contribution in [0.5, 0.6) is 0 Å². The van der Waals surface area contributed by atoms with Gasteiger partial charge in [-0.05, 0) is 69.8 Å². The van der Waals surface area contributed by atoms with E-state index in [1.807, 2.05) is 44.2 Å². The maximum atomic E-state index is 13.1. The largest absolute Gasteiger partial charge is 0.354 e. The molecule has 1 amide bonds. The van der Waals surface area contributed by atoms with Crippen molar-refractivity contribution in [2.75, 3.05) is 32.7 Å². The van der Waals surface area contributed by atoms with Gasteiger partial charge in [0, 0.05) is 25.6 Å². The van der Waals surface area contributed by atoms with E-state index in [-0.39, 0.29) is 17.9 Å². The molecule has 0 aromatic heterocycles. The van der Waals surface area contributed by atoms with Gasteiger partial charge in [-0.25, -0.2) is 8.42 Å². The van der Waals surface area contributed by atoms with E-state index in [0.29, 0.717) is 37.4 Å². The predicted octanol–water partition coefficient (Wildman–Crippen LogP) is 3.66. The molecule has 2 aromatic rings. The molecule has 2 heterocycles. The predicted molar refractivity (Wildman–Crippen MR) is 130 cm³/mol. The van der Waals surface area contributed by atoms with Gasteiger partial charge in [-0.15, -0.1) is 0 Å². The number of carbonyl (C=O) groups is 1. The van der Waals surface area contributed by atoms with Crippen LogP contribution in [0, 0.1) is 19.8 Å². The summed E-state index contributed by atoms with van der Waals surface area (Å²) in [5.74, 6) is -0.107. The number of carbonyl (C=O) groups excluding carboxylic acids is 1. The monoisotopic (exact) mass is 469 g/mol. The minimum absolute atomic E-state index is 0.0405. The van der Waals surface area contributed by atoms with Crippen LogP contribution >= 0.6 is 0 Å². The highest BCUT2D eigenvalue weighted by molar-refractivity contribution is 7.89. The molecule has 0 spiro atoms. The average molecular weight is 470 g/mol. The molecule has 0 saturated carbocycles. The Morgan fingerprint density at radius 2 is 1.67 bits per heavy atom. The number of piperidine rings is 1. The van der Waals surface area contributed by atoms with E-state index >= 15 is 0 Å². The highest BCUT2D eigenvalue weighted by Gasteiger charge is 2.33. The number of hydrogen-bond donors (Lipinski definition) is 1. The van der Waals surface area contributed by atoms with Crippen molar-refractivity contribution in [3.63, 3.8) is 0 Å². The Hall–Kier alpha value is -2.22. The molecule has 6 nitrogen and oxygen atoms in total. The van der Waals surface area contributed by atoms with Gasteiger partial charge in [-0.2, -0.15) is 4.31 Å². The van der Waals surface area contributed by atoms with E-state index in [2.05, 4.69) is 22.3 Å². The van der Waals surface area contributed by atoms with Gasteiger partial charge in [0.15, 0.2) is 0 Å². The second-order valence-corrected chi connectivity index (χ2v) is 11.3. The van der Waals surface area contributed by atoms with Gasteiger partial charge in [0.1, 0.15) is 0 Å².